The van der Waals surface area contributed by atoms with Crippen molar-refractivity contribution in [3.63, 3.8) is 0 Å². The number of rotatable bonds is 4. The van der Waals surface area contributed by atoms with Crippen molar-refractivity contribution in [3.8, 4) is 11.8 Å². The van der Waals surface area contributed by atoms with Gasteiger partial charge in [-0.25, -0.2) is 0 Å². The first kappa shape index (κ1) is 14.7. The summed E-state index contributed by atoms with van der Waals surface area (Å²) in [6.45, 7) is 1.02. The van der Waals surface area contributed by atoms with Crippen molar-refractivity contribution in [2.45, 2.75) is 13.1 Å². The zero-order chi connectivity index (χ0) is 14.5. The van der Waals surface area contributed by atoms with Crippen molar-refractivity contribution < 1.29 is 5.11 Å². The van der Waals surface area contributed by atoms with Crippen LogP contribution in [-0.4, -0.2) is 5.11 Å². The van der Waals surface area contributed by atoms with Crippen LogP contribution in [0, 0.1) is 11.3 Å². The van der Waals surface area contributed by atoms with Gasteiger partial charge in [0.25, 0.3) is 0 Å². The van der Waals surface area contributed by atoms with Gasteiger partial charge < -0.3 is 10.4 Å². The second-order valence-electron chi connectivity index (χ2n) is 4.31. The van der Waals surface area contributed by atoms with Crippen LogP contribution in [0.1, 0.15) is 16.7 Å². The molecule has 0 unspecified atom stereocenters. The van der Waals surface area contributed by atoms with E-state index in [1.54, 1.807) is 12.1 Å². The number of nitriles is 1. The molecule has 0 amide bonds. The lowest BCUT2D eigenvalue weighted by atomic mass is 10.1. The average molecular weight is 307 g/mol. The van der Waals surface area contributed by atoms with Crippen LogP contribution in [0.4, 0.5) is 0 Å². The normalized spacial score (nSPS) is 10.2. The first-order chi connectivity index (χ1) is 9.60. The number of hydrogen-bond donors (Lipinski definition) is 2. The van der Waals surface area contributed by atoms with E-state index in [9.17, 15) is 5.11 Å². The number of nitrogens with one attached hydrogen (secondary N) is 1. The monoisotopic (exact) mass is 306 g/mol. The molecular formula is C15H12Cl2N2O. The Hall–Kier alpha value is -1.73. The number of phenolic OH excluding ortho intramolecular Hbond substituents is 1. The van der Waals surface area contributed by atoms with E-state index in [1.807, 2.05) is 18.2 Å². The second kappa shape index (κ2) is 6.62. The topological polar surface area (TPSA) is 56.0 Å². The summed E-state index contributed by atoms with van der Waals surface area (Å²) in [7, 11) is 0. The smallest absolute Gasteiger partial charge is 0.138 e. The molecule has 20 heavy (non-hydrogen) atoms. The van der Waals surface area contributed by atoms with E-state index in [0.29, 0.717) is 29.2 Å². The summed E-state index contributed by atoms with van der Waals surface area (Å²) in [5.41, 5.74) is 2.26. The Morgan fingerprint density at radius 1 is 1.15 bits per heavy atom. The molecule has 2 aromatic carbocycles. The Kier molecular flexibility index (Phi) is 4.86. The zero-order valence-corrected chi connectivity index (χ0v) is 12.0. The molecule has 102 valence electrons. The summed E-state index contributed by atoms with van der Waals surface area (Å²) in [6.07, 6.45) is 0. The maximum Gasteiger partial charge on any atom is 0.138 e. The molecule has 2 N–H and O–H groups in total. The molecule has 0 heterocycles. The summed E-state index contributed by atoms with van der Waals surface area (Å²) in [4.78, 5) is 0. The molecule has 0 aliphatic rings. The van der Waals surface area contributed by atoms with Gasteiger partial charge in [0.05, 0.1) is 16.7 Å². The molecule has 5 heteroatoms. The van der Waals surface area contributed by atoms with Crippen LogP contribution in [0.15, 0.2) is 36.4 Å². The second-order valence-corrected chi connectivity index (χ2v) is 5.15. The van der Waals surface area contributed by atoms with Crippen LogP contribution in [0.2, 0.25) is 10.0 Å². The van der Waals surface area contributed by atoms with Crippen LogP contribution in [0.3, 0.4) is 0 Å². The molecule has 0 aromatic heterocycles. The number of nitrogens with zero attached hydrogens (tertiary/aromatic N) is 1. The van der Waals surface area contributed by atoms with Gasteiger partial charge in [0, 0.05) is 23.7 Å². The maximum absolute atomic E-state index is 9.83. The lowest BCUT2D eigenvalue weighted by molar-refractivity contribution is 0.464. The van der Waals surface area contributed by atoms with Crippen LogP contribution in [0.5, 0.6) is 5.75 Å². The van der Waals surface area contributed by atoms with Crippen molar-refractivity contribution in [2.24, 2.45) is 0 Å². The minimum atomic E-state index is 0.0364. The van der Waals surface area contributed by atoms with E-state index in [-0.39, 0.29) is 10.8 Å². The number of hydrogen-bond acceptors (Lipinski definition) is 3. The van der Waals surface area contributed by atoms with E-state index in [0.717, 1.165) is 5.56 Å². The Morgan fingerprint density at radius 2 is 1.95 bits per heavy atom. The Morgan fingerprint density at radius 3 is 2.70 bits per heavy atom. The van der Waals surface area contributed by atoms with E-state index >= 15 is 0 Å². The minimum Gasteiger partial charge on any atom is -0.506 e. The highest BCUT2D eigenvalue weighted by Crippen LogP contribution is 2.30. The molecule has 0 aliphatic heterocycles. The number of halogens is 2. The van der Waals surface area contributed by atoms with E-state index in [1.165, 1.54) is 6.07 Å². The predicted molar refractivity (Wildman–Crippen MR) is 79.8 cm³/mol. The molecule has 0 fully saturated rings. The summed E-state index contributed by atoms with van der Waals surface area (Å²) in [5, 5.41) is 22.6. The van der Waals surface area contributed by atoms with Crippen molar-refractivity contribution in [3.05, 3.63) is 63.1 Å². The van der Waals surface area contributed by atoms with E-state index in [2.05, 4.69) is 11.4 Å². The van der Waals surface area contributed by atoms with Gasteiger partial charge in [0.1, 0.15) is 5.75 Å². The molecular weight excluding hydrogens is 295 g/mol. The SMILES string of the molecule is N#Cc1cccc(CNCc2cc(Cl)cc(Cl)c2O)c1. The van der Waals surface area contributed by atoms with Crippen molar-refractivity contribution >= 4 is 23.2 Å². The van der Waals surface area contributed by atoms with Gasteiger partial charge in [-0.3, -0.25) is 0 Å². The minimum absolute atomic E-state index is 0.0364. The number of benzene rings is 2. The molecule has 2 aromatic rings. The van der Waals surface area contributed by atoms with Gasteiger partial charge in [0.2, 0.25) is 0 Å². The summed E-state index contributed by atoms with van der Waals surface area (Å²) in [5.74, 6) is 0.0364. The van der Waals surface area contributed by atoms with Crippen LogP contribution >= 0.6 is 23.2 Å². The number of phenols is 1. The fourth-order valence-corrected chi connectivity index (χ4v) is 2.38. The van der Waals surface area contributed by atoms with E-state index in [4.69, 9.17) is 28.5 Å². The van der Waals surface area contributed by atoms with E-state index < -0.39 is 0 Å². The molecule has 0 atom stereocenters. The molecule has 3 nitrogen and oxygen atoms in total. The average Bonchev–Trinajstić information content (AvgIpc) is 2.44. The molecule has 0 radical (unpaired) electrons. The highest BCUT2D eigenvalue weighted by atomic mass is 35.5. The fourth-order valence-electron chi connectivity index (χ4n) is 1.85. The van der Waals surface area contributed by atoms with Gasteiger partial charge >= 0.3 is 0 Å². The van der Waals surface area contributed by atoms with Crippen LogP contribution in [-0.2, 0) is 13.1 Å². The first-order valence-corrected chi connectivity index (χ1v) is 6.72. The highest BCUT2D eigenvalue weighted by molar-refractivity contribution is 6.35. The van der Waals surface area contributed by atoms with Crippen molar-refractivity contribution in [2.75, 3.05) is 0 Å². The van der Waals surface area contributed by atoms with Gasteiger partial charge in [-0.05, 0) is 29.8 Å². The predicted octanol–water partition coefficient (Wildman–Crippen LogP) is 3.86. The van der Waals surface area contributed by atoms with Gasteiger partial charge in [-0.1, -0.05) is 35.3 Å². The first-order valence-electron chi connectivity index (χ1n) is 5.97. The van der Waals surface area contributed by atoms with Crippen LogP contribution < -0.4 is 5.32 Å². The Labute approximate surface area is 127 Å². The Balaban J connectivity index is 2.01. The van der Waals surface area contributed by atoms with Gasteiger partial charge in [-0.2, -0.15) is 5.26 Å². The largest absolute Gasteiger partial charge is 0.506 e. The maximum atomic E-state index is 9.83. The molecule has 0 saturated heterocycles. The molecule has 0 spiro atoms. The van der Waals surface area contributed by atoms with Gasteiger partial charge in [0.15, 0.2) is 0 Å². The zero-order valence-electron chi connectivity index (χ0n) is 10.5. The lowest BCUT2D eigenvalue weighted by Gasteiger charge is -2.09. The lowest BCUT2D eigenvalue weighted by Crippen LogP contribution is -2.13. The van der Waals surface area contributed by atoms with Crippen LogP contribution in [0.25, 0.3) is 0 Å². The standard InChI is InChI=1S/C15H12Cl2N2O/c16-13-5-12(15(20)14(17)6-13)9-19-8-11-3-1-2-10(4-11)7-18/h1-6,19-20H,8-9H2. The third-order valence-electron chi connectivity index (χ3n) is 2.81. The van der Waals surface area contributed by atoms with Gasteiger partial charge in [-0.15, -0.1) is 0 Å². The third kappa shape index (κ3) is 3.64. The summed E-state index contributed by atoms with van der Waals surface area (Å²) >= 11 is 11.8. The quantitative estimate of drug-likeness (QED) is 0.902. The fraction of sp³-hybridized carbons (Fsp3) is 0.133. The molecule has 0 saturated carbocycles. The van der Waals surface area contributed by atoms with Crippen molar-refractivity contribution in [1.82, 2.24) is 5.32 Å². The molecule has 0 bridgehead atoms. The number of aromatic hydroxyl groups is 1. The Bertz CT molecular complexity index is 665. The third-order valence-corrected chi connectivity index (χ3v) is 3.31. The van der Waals surface area contributed by atoms with Crippen molar-refractivity contribution in [1.29, 1.82) is 5.26 Å². The molecule has 0 aliphatic carbocycles. The molecule has 2 rings (SSSR count). The highest BCUT2D eigenvalue weighted by Gasteiger charge is 2.07. The summed E-state index contributed by atoms with van der Waals surface area (Å²) < 4.78 is 0. The summed E-state index contributed by atoms with van der Waals surface area (Å²) in [6, 6.07) is 12.6.